The molecule has 2 atom stereocenters. The summed E-state index contributed by atoms with van der Waals surface area (Å²) >= 11 is 1.59. The van der Waals surface area contributed by atoms with Gasteiger partial charge in [0.05, 0.1) is 85.2 Å². The van der Waals surface area contributed by atoms with Gasteiger partial charge in [0.1, 0.15) is 17.9 Å². The van der Waals surface area contributed by atoms with Crippen LogP contribution in [0.2, 0.25) is 0 Å². The minimum absolute atomic E-state index is 0.0503. The van der Waals surface area contributed by atoms with Crippen molar-refractivity contribution in [3.05, 3.63) is 101 Å². The molecule has 0 unspecified atom stereocenters. The summed E-state index contributed by atoms with van der Waals surface area (Å²) in [6.45, 7) is 13.2. The lowest BCUT2D eigenvalue weighted by Gasteiger charge is -2.35. The summed E-state index contributed by atoms with van der Waals surface area (Å²) in [7, 11) is 0. The number of piperazine rings is 1. The Labute approximate surface area is 468 Å². The lowest BCUT2D eigenvalue weighted by Crippen LogP contribution is -2.57. The number of hydrogen-bond acceptors (Lipinski definition) is 15. The number of carbonyl (C=O) groups is 5. The van der Waals surface area contributed by atoms with Crippen molar-refractivity contribution >= 4 is 58.0 Å². The molecule has 23 heteroatoms. The third-order valence-corrected chi connectivity index (χ3v) is 15.5. The highest BCUT2D eigenvalue weighted by Gasteiger charge is 2.42. The van der Waals surface area contributed by atoms with Crippen LogP contribution in [0.5, 0.6) is 0 Å². The van der Waals surface area contributed by atoms with Crippen molar-refractivity contribution < 1.29 is 42.6 Å². The number of hydrogen-bond donors (Lipinski definition) is 5. The second-order valence-electron chi connectivity index (χ2n) is 21.5. The van der Waals surface area contributed by atoms with Crippen LogP contribution in [0, 0.1) is 18.2 Å². The lowest BCUT2D eigenvalue weighted by atomic mass is 9.85. The van der Waals surface area contributed by atoms with Gasteiger partial charge in [-0.25, -0.2) is 19.3 Å². The zero-order chi connectivity index (χ0) is 56.2. The largest absolute Gasteiger partial charge is 0.379 e. The molecular formula is C57H72FN13O8S. The number of aromatic nitrogens is 6. The van der Waals surface area contributed by atoms with E-state index in [1.54, 1.807) is 51.9 Å². The molecule has 6 aromatic rings. The molecule has 1 saturated carbocycles. The number of nitrogens with zero attached hydrogens (tertiary/aromatic N) is 8. The van der Waals surface area contributed by atoms with Crippen molar-refractivity contribution in [2.75, 3.05) is 90.8 Å². The van der Waals surface area contributed by atoms with Crippen LogP contribution in [0.1, 0.15) is 92.5 Å². The number of halogens is 1. The first-order valence-corrected chi connectivity index (χ1v) is 28.4. The molecule has 3 fully saturated rings. The van der Waals surface area contributed by atoms with Crippen molar-refractivity contribution in [1.29, 1.82) is 0 Å². The summed E-state index contributed by atoms with van der Waals surface area (Å²) in [6.07, 6.45) is 10.8. The zero-order valence-corrected chi connectivity index (χ0v) is 46.7. The lowest BCUT2D eigenvalue weighted by molar-refractivity contribution is -0.144. The van der Waals surface area contributed by atoms with E-state index in [4.69, 9.17) is 19.2 Å². The number of fused-ring (bicyclic) bond motifs is 1. The first kappa shape index (κ1) is 57.5. The third-order valence-electron chi connectivity index (χ3n) is 14.6. The molecule has 21 nitrogen and oxygen atoms in total. The van der Waals surface area contributed by atoms with Crippen LogP contribution in [0.4, 0.5) is 15.9 Å². The fraction of sp³-hybridized carbons (Fsp3) is 0.491. The van der Waals surface area contributed by atoms with E-state index in [1.165, 1.54) is 6.07 Å². The number of rotatable bonds is 26. The van der Waals surface area contributed by atoms with Crippen LogP contribution in [0.3, 0.4) is 0 Å². The summed E-state index contributed by atoms with van der Waals surface area (Å²) in [6, 6.07) is 11.0. The van der Waals surface area contributed by atoms with Crippen molar-refractivity contribution in [3.63, 3.8) is 0 Å². The molecule has 2 aromatic carbocycles. The molecule has 3 aliphatic rings. The number of ether oxygens (including phenoxy) is 3. The predicted octanol–water partition coefficient (Wildman–Crippen LogP) is 5.85. The number of anilines is 2. The van der Waals surface area contributed by atoms with Gasteiger partial charge in [0.15, 0.2) is 11.5 Å². The van der Waals surface area contributed by atoms with Crippen molar-refractivity contribution in [1.82, 2.24) is 60.2 Å². The second kappa shape index (κ2) is 26.9. The van der Waals surface area contributed by atoms with Gasteiger partial charge in [-0.05, 0) is 67.3 Å². The number of thiazole rings is 1. The van der Waals surface area contributed by atoms with E-state index in [2.05, 4.69) is 46.3 Å². The minimum atomic E-state index is -0.829. The highest BCUT2D eigenvalue weighted by molar-refractivity contribution is 7.13. The van der Waals surface area contributed by atoms with E-state index in [1.807, 2.05) is 68.1 Å². The topological polar surface area (TPSA) is 243 Å². The number of aryl methyl sites for hydroxylation is 1. The molecule has 4 aromatic heterocycles. The molecular weight excluding hydrogens is 1050 g/mol. The Morgan fingerprint density at radius 2 is 1.56 bits per heavy atom. The summed E-state index contributed by atoms with van der Waals surface area (Å²) in [5, 5.41) is 18.9. The number of H-pyrrole nitrogens is 1. The fourth-order valence-electron chi connectivity index (χ4n) is 9.83. The first-order chi connectivity index (χ1) is 38.7. The number of carbonyl (C=O) groups excluding carboxylic acids is 5. The Morgan fingerprint density at radius 1 is 0.838 bits per heavy atom. The molecule has 1 aliphatic carbocycles. The summed E-state index contributed by atoms with van der Waals surface area (Å²) in [5.74, 6) is -0.987. The second-order valence-corrected chi connectivity index (χ2v) is 22.3. The highest BCUT2D eigenvalue weighted by Crippen LogP contribution is 2.41. The Kier molecular flexibility index (Phi) is 19.3. The normalized spacial score (nSPS) is 16.2. The summed E-state index contributed by atoms with van der Waals surface area (Å²) in [4.78, 5) is 86.7. The van der Waals surface area contributed by atoms with E-state index in [9.17, 15) is 24.0 Å². The van der Waals surface area contributed by atoms with E-state index in [-0.39, 0.29) is 80.1 Å². The van der Waals surface area contributed by atoms with Crippen LogP contribution < -0.4 is 21.3 Å². The van der Waals surface area contributed by atoms with Crippen molar-refractivity contribution in [3.8, 4) is 21.7 Å². The van der Waals surface area contributed by atoms with Gasteiger partial charge in [0, 0.05) is 94.6 Å². The molecule has 5 amide bonds. The van der Waals surface area contributed by atoms with Crippen molar-refractivity contribution in [2.45, 2.75) is 90.8 Å². The Balaban J connectivity index is 0.592. The highest BCUT2D eigenvalue weighted by atomic mass is 32.1. The third kappa shape index (κ3) is 15.0. The number of imidazole rings is 1. The van der Waals surface area contributed by atoms with Gasteiger partial charge in [-0.1, -0.05) is 45.0 Å². The van der Waals surface area contributed by atoms with Gasteiger partial charge in [-0.2, -0.15) is 5.10 Å². The molecule has 2 saturated heterocycles. The van der Waals surface area contributed by atoms with E-state index >= 15 is 4.39 Å². The zero-order valence-electron chi connectivity index (χ0n) is 45.9. The van der Waals surface area contributed by atoms with E-state index < -0.39 is 23.3 Å². The van der Waals surface area contributed by atoms with E-state index in [0.717, 1.165) is 51.5 Å². The summed E-state index contributed by atoms with van der Waals surface area (Å²) in [5.41, 5.74) is 7.84. The maximum Gasteiger partial charge on any atom is 0.254 e. The Bertz CT molecular complexity index is 3080. The monoisotopic (exact) mass is 1120 g/mol. The average Bonchev–Trinajstić information content (AvgIpc) is 3.98. The smallest absolute Gasteiger partial charge is 0.254 e. The Morgan fingerprint density at radius 3 is 2.23 bits per heavy atom. The first-order valence-electron chi connectivity index (χ1n) is 27.5. The van der Waals surface area contributed by atoms with Gasteiger partial charge < -0.3 is 45.3 Å². The molecule has 0 radical (unpaired) electrons. The quantitative estimate of drug-likeness (QED) is 0.0400. The molecule has 9 rings (SSSR count). The molecule has 426 valence electrons. The van der Waals surface area contributed by atoms with E-state index in [0.29, 0.717) is 95.8 Å². The molecule has 5 N–H and O–H groups in total. The SMILES string of the molecule is Cc1ncsc1-c1ccc(CNC(=O)[C@@H]2CCCN2C(=O)[C@@H](NC(=O)CCOCCOCCOCCC(=O)NCCN2CCN(C(=O)c3ccc(Nc4nc(C5CC5)cn5c(-c6cn[nH]c6)cnc45)c(F)c3)CC2)C(C)(C)C)cc1. The fourth-order valence-corrected chi connectivity index (χ4v) is 10.6. The molecule has 6 heterocycles. The Hall–Kier alpha value is -7.18. The van der Waals surface area contributed by atoms with Gasteiger partial charge in [0.2, 0.25) is 23.6 Å². The van der Waals surface area contributed by atoms with Gasteiger partial charge >= 0.3 is 0 Å². The van der Waals surface area contributed by atoms with Gasteiger partial charge in [0.25, 0.3) is 5.91 Å². The van der Waals surface area contributed by atoms with Crippen LogP contribution in [0.15, 0.2) is 72.8 Å². The maximum absolute atomic E-state index is 15.6. The van der Waals surface area contributed by atoms with Gasteiger partial charge in [-0.15, -0.1) is 11.3 Å². The standard InChI is InChI=1S/C57H72FN13O8S/c1-37-50(80-36-62-37)40-9-7-38(8-10-40)31-61-54(74)46-6-5-18-70(46)56(76)51(57(2,3)4)67-49(73)16-25-78-27-29-79-28-26-77-24-15-48(72)59-17-19-68-20-22-69(23-21-68)55(75)41-13-14-44(43(58)30-41)65-52-53-60-34-47(42-32-63-64-33-42)71(53)35-45(66-52)39-11-12-39/h7-10,13-14,30,32-36,39,46,51H,5-6,11-12,15-29,31H2,1-4H3,(H,59,72)(H,61,74)(H,63,64)(H,65,66)(H,67,73)/t46-,51+/m0/s1. The maximum atomic E-state index is 15.6. The van der Waals surface area contributed by atoms with Crippen LogP contribution in [0.25, 0.3) is 27.3 Å². The van der Waals surface area contributed by atoms with Gasteiger partial charge in [-0.3, -0.25) is 38.4 Å². The van der Waals surface area contributed by atoms with Crippen LogP contribution in [-0.4, -0.2) is 171 Å². The number of likely N-dealkylation sites (tertiary alicyclic amines) is 1. The minimum Gasteiger partial charge on any atom is -0.379 e. The number of aromatic amines is 1. The van der Waals surface area contributed by atoms with Crippen LogP contribution in [-0.2, 0) is 39.9 Å². The summed E-state index contributed by atoms with van der Waals surface area (Å²) < 4.78 is 34.4. The number of nitrogens with one attached hydrogen (secondary N) is 5. The number of benzene rings is 2. The van der Waals surface area contributed by atoms with Crippen molar-refractivity contribution in [2.24, 2.45) is 5.41 Å². The average molecular weight is 1120 g/mol. The molecule has 2 aliphatic heterocycles. The molecule has 0 bridgehead atoms. The molecule has 0 spiro atoms. The predicted molar refractivity (Wildman–Crippen MR) is 300 cm³/mol. The number of amides is 5. The van der Waals surface area contributed by atoms with Crippen LogP contribution >= 0.6 is 11.3 Å². The molecule has 80 heavy (non-hydrogen) atoms.